The number of carbonyl (C=O) groups excluding carboxylic acids is 1. The Kier molecular flexibility index (Phi) is 5.66. The third-order valence-electron chi connectivity index (χ3n) is 4.01. The molecule has 7 nitrogen and oxygen atoms in total. The predicted octanol–water partition coefficient (Wildman–Crippen LogP) is 3.70. The fourth-order valence-electron chi connectivity index (χ4n) is 2.66. The highest BCUT2D eigenvalue weighted by Crippen LogP contribution is 2.23. The van der Waals surface area contributed by atoms with Crippen molar-refractivity contribution in [2.24, 2.45) is 7.05 Å². The molecule has 0 saturated heterocycles. The first kappa shape index (κ1) is 18.8. The molecule has 0 unspecified atom stereocenters. The van der Waals surface area contributed by atoms with Crippen molar-refractivity contribution in [2.45, 2.75) is 6.61 Å². The zero-order valence-corrected chi connectivity index (χ0v) is 16.4. The van der Waals surface area contributed by atoms with Crippen LogP contribution < -0.4 is 15.6 Å². The van der Waals surface area contributed by atoms with Gasteiger partial charge < -0.3 is 9.47 Å². The molecule has 1 N–H and O–H groups in total. The number of amides is 1. The summed E-state index contributed by atoms with van der Waals surface area (Å²) >= 11 is 3.30. The van der Waals surface area contributed by atoms with Crippen LogP contribution in [-0.4, -0.2) is 22.6 Å². The fourth-order valence-corrected chi connectivity index (χ4v) is 3.20. The van der Waals surface area contributed by atoms with Crippen LogP contribution in [0.25, 0.3) is 5.69 Å². The number of para-hydroxylation sites is 3. The summed E-state index contributed by atoms with van der Waals surface area (Å²) in [6.45, 7) is -0.0763. The van der Waals surface area contributed by atoms with Crippen molar-refractivity contribution in [1.82, 2.24) is 9.36 Å². The van der Waals surface area contributed by atoms with E-state index in [4.69, 9.17) is 9.47 Å². The maximum absolute atomic E-state index is 12.6. The second-order valence-electron chi connectivity index (χ2n) is 5.64. The molecule has 0 atom stereocenters. The Bertz CT molecular complexity index is 1010. The average molecular weight is 432 g/mol. The van der Waals surface area contributed by atoms with E-state index in [0.717, 1.165) is 5.69 Å². The first-order valence-electron chi connectivity index (χ1n) is 8.11. The molecule has 1 heterocycles. The third-order valence-corrected chi connectivity index (χ3v) is 4.81. The van der Waals surface area contributed by atoms with E-state index in [2.05, 4.69) is 21.2 Å². The number of carbonyl (C=O) groups is 1. The lowest BCUT2D eigenvalue weighted by molar-refractivity contribution is 0.151. The van der Waals surface area contributed by atoms with Crippen molar-refractivity contribution >= 4 is 27.7 Å². The molecule has 8 heteroatoms. The Hall–Kier alpha value is -3.00. The van der Waals surface area contributed by atoms with E-state index in [-0.39, 0.29) is 12.2 Å². The van der Waals surface area contributed by atoms with Crippen LogP contribution in [0.2, 0.25) is 0 Å². The molecule has 0 aliphatic rings. The summed E-state index contributed by atoms with van der Waals surface area (Å²) in [4.78, 5) is 24.7. The second kappa shape index (κ2) is 8.13. The van der Waals surface area contributed by atoms with E-state index in [0.29, 0.717) is 21.6 Å². The van der Waals surface area contributed by atoms with Gasteiger partial charge in [-0.1, -0.05) is 30.3 Å². The molecule has 0 radical (unpaired) electrons. The minimum atomic E-state index is -0.647. The molecule has 0 spiro atoms. The smallest absolute Gasteiger partial charge is 0.412 e. The average Bonchev–Trinajstić information content (AvgIpc) is 2.90. The van der Waals surface area contributed by atoms with Gasteiger partial charge in [0.25, 0.3) is 5.56 Å². The van der Waals surface area contributed by atoms with Crippen LogP contribution in [0.4, 0.5) is 10.5 Å². The van der Waals surface area contributed by atoms with Crippen molar-refractivity contribution in [3.05, 3.63) is 75.1 Å². The van der Waals surface area contributed by atoms with Gasteiger partial charge in [-0.3, -0.25) is 14.8 Å². The van der Waals surface area contributed by atoms with Crippen LogP contribution in [0, 0.1) is 0 Å². The number of anilines is 1. The highest BCUT2D eigenvalue weighted by atomic mass is 79.9. The van der Waals surface area contributed by atoms with E-state index in [9.17, 15) is 9.59 Å². The summed E-state index contributed by atoms with van der Waals surface area (Å²) in [5.41, 5.74) is 1.53. The number of benzene rings is 2. The normalized spacial score (nSPS) is 10.5. The standard InChI is InChI=1S/C19H18BrN3O4/c1-22-15(17(20)18(24)23(22)13-8-4-3-5-9-13)12-27-19(25)21-14-10-6-7-11-16(14)26-2/h3-11H,12H2,1-2H3,(H,21,25). The first-order valence-corrected chi connectivity index (χ1v) is 8.91. The van der Waals surface area contributed by atoms with Gasteiger partial charge in [-0.05, 0) is 40.2 Å². The molecule has 1 aromatic heterocycles. The predicted molar refractivity (Wildman–Crippen MR) is 106 cm³/mol. The molecular formula is C19H18BrN3O4. The lowest BCUT2D eigenvalue weighted by atomic mass is 10.3. The van der Waals surface area contributed by atoms with Crippen molar-refractivity contribution < 1.29 is 14.3 Å². The Morgan fingerprint density at radius 2 is 1.78 bits per heavy atom. The minimum Gasteiger partial charge on any atom is -0.495 e. The molecule has 3 rings (SSSR count). The molecule has 2 aromatic carbocycles. The second-order valence-corrected chi connectivity index (χ2v) is 6.43. The Balaban J connectivity index is 1.77. The van der Waals surface area contributed by atoms with Crippen LogP contribution in [-0.2, 0) is 18.4 Å². The number of hydrogen-bond donors (Lipinski definition) is 1. The van der Waals surface area contributed by atoms with E-state index in [1.54, 1.807) is 36.0 Å². The van der Waals surface area contributed by atoms with Gasteiger partial charge in [0.15, 0.2) is 0 Å². The summed E-state index contributed by atoms with van der Waals surface area (Å²) in [5, 5.41) is 2.63. The Morgan fingerprint density at radius 3 is 2.48 bits per heavy atom. The Morgan fingerprint density at radius 1 is 1.11 bits per heavy atom. The quantitative estimate of drug-likeness (QED) is 0.668. The van der Waals surface area contributed by atoms with Crippen LogP contribution >= 0.6 is 15.9 Å². The SMILES string of the molecule is COc1ccccc1NC(=O)OCc1c(Br)c(=O)n(-c2ccccc2)n1C. The van der Waals surface area contributed by atoms with Gasteiger partial charge >= 0.3 is 6.09 Å². The van der Waals surface area contributed by atoms with Crippen molar-refractivity contribution in [1.29, 1.82) is 0 Å². The molecular weight excluding hydrogens is 414 g/mol. The van der Waals surface area contributed by atoms with Gasteiger partial charge in [0.1, 0.15) is 16.8 Å². The molecule has 0 fully saturated rings. The summed E-state index contributed by atoms with van der Waals surface area (Å²) < 4.78 is 14.0. The fraction of sp³-hybridized carbons (Fsp3) is 0.158. The summed E-state index contributed by atoms with van der Waals surface area (Å²) in [5.74, 6) is 0.526. The zero-order valence-electron chi connectivity index (χ0n) is 14.8. The molecule has 1 amide bonds. The molecule has 0 aliphatic carbocycles. The molecule has 27 heavy (non-hydrogen) atoms. The van der Waals surface area contributed by atoms with Crippen LogP contribution in [0.3, 0.4) is 0 Å². The largest absolute Gasteiger partial charge is 0.495 e. The number of hydrogen-bond acceptors (Lipinski definition) is 4. The maximum atomic E-state index is 12.6. The molecule has 0 bridgehead atoms. The van der Waals surface area contributed by atoms with Gasteiger partial charge in [-0.2, -0.15) is 0 Å². The van der Waals surface area contributed by atoms with Crippen LogP contribution in [0.5, 0.6) is 5.75 Å². The van der Waals surface area contributed by atoms with Gasteiger partial charge in [-0.15, -0.1) is 0 Å². The number of aromatic nitrogens is 2. The number of rotatable bonds is 5. The number of nitrogens with zero attached hydrogens (tertiary/aromatic N) is 2. The summed E-state index contributed by atoms with van der Waals surface area (Å²) in [6.07, 6.45) is -0.647. The monoisotopic (exact) mass is 431 g/mol. The highest BCUT2D eigenvalue weighted by Gasteiger charge is 2.18. The number of halogens is 1. The van der Waals surface area contributed by atoms with Gasteiger partial charge in [0.05, 0.1) is 24.2 Å². The van der Waals surface area contributed by atoms with Gasteiger partial charge in [0, 0.05) is 7.05 Å². The van der Waals surface area contributed by atoms with Gasteiger partial charge in [-0.25, -0.2) is 9.48 Å². The van der Waals surface area contributed by atoms with E-state index in [1.165, 1.54) is 11.8 Å². The molecule has 140 valence electrons. The first-order chi connectivity index (χ1) is 13.0. The minimum absolute atomic E-state index is 0.0763. The molecule has 0 aliphatic heterocycles. The Labute approximate surface area is 164 Å². The summed E-state index contributed by atoms with van der Waals surface area (Å²) in [7, 11) is 3.25. The van der Waals surface area contributed by atoms with E-state index < -0.39 is 6.09 Å². The topological polar surface area (TPSA) is 74.5 Å². The lowest BCUT2D eigenvalue weighted by Gasteiger charge is -2.12. The number of nitrogens with one attached hydrogen (secondary N) is 1. The third kappa shape index (κ3) is 3.90. The molecule has 0 saturated carbocycles. The summed E-state index contributed by atoms with van der Waals surface area (Å²) in [6, 6.07) is 16.2. The van der Waals surface area contributed by atoms with Crippen molar-refractivity contribution in [3.8, 4) is 11.4 Å². The van der Waals surface area contributed by atoms with Crippen LogP contribution in [0.15, 0.2) is 63.9 Å². The number of ether oxygens (including phenoxy) is 2. The maximum Gasteiger partial charge on any atom is 0.412 e. The van der Waals surface area contributed by atoms with Crippen molar-refractivity contribution in [2.75, 3.05) is 12.4 Å². The highest BCUT2D eigenvalue weighted by molar-refractivity contribution is 9.10. The number of methoxy groups -OCH3 is 1. The van der Waals surface area contributed by atoms with Crippen molar-refractivity contribution in [3.63, 3.8) is 0 Å². The lowest BCUT2D eigenvalue weighted by Crippen LogP contribution is -2.20. The molecule has 3 aromatic rings. The van der Waals surface area contributed by atoms with Gasteiger partial charge in [0.2, 0.25) is 0 Å². The van der Waals surface area contributed by atoms with E-state index >= 15 is 0 Å². The zero-order chi connectivity index (χ0) is 19.4. The van der Waals surface area contributed by atoms with E-state index in [1.807, 2.05) is 30.3 Å². The van der Waals surface area contributed by atoms with Crippen LogP contribution in [0.1, 0.15) is 5.69 Å².